The molecule has 4 rings (SSSR count). The summed E-state index contributed by atoms with van der Waals surface area (Å²) in [6.07, 6.45) is 3.73. The maximum Gasteiger partial charge on any atom is 0.257 e. The van der Waals surface area contributed by atoms with E-state index in [0.29, 0.717) is 31.7 Å². The molecular weight excluding hydrogens is 376 g/mol. The average molecular weight is 397 g/mol. The van der Waals surface area contributed by atoms with Gasteiger partial charge in [-0.1, -0.05) is 35.9 Å². The molecule has 0 saturated carbocycles. The Hall–Kier alpha value is -2.70. The number of aryl methyl sites for hydroxylation is 1. The van der Waals surface area contributed by atoms with Crippen molar-refractivity contribution in [3.05, 3.63) is 82.4 Å². The Bertz CT molecular complexity index is 988. The number of benzene rings is 1. The van der Waals surface area contributed by atoms with Gasteiger partial charge >= 0.3 is 0 Å². The first-order valence-electron chi connectivity index (χ1n) is 9.19. The molecule has 1 aromatic carbocycles. The Morgan fingerprint density at radius 2 is 2.11 bits per heavy atom. The third-order valence-corrected chi connectivity index (χ3v) is 5.16. The van der Waals surface area contributed by atoms with E-state index in [1.807, 2.05) is 42.5 Å². The molecule has 28 heavy (non-hydrogen) atoms. The molecule has 3 heterocycles. The van der Waals surface area contributed by atoms with Gasteiger partial charge in [0.15, 0.2) is 0 Å². The average Bonchev–Trinajstić information content (AvgIpc) is 3.16. The molecule has 0 bridgehead atoms. The Morgan fingerprint density at radius 3 is 2.89 bits per heavy atom. The van der Waals surface area contributed by atoms with E-state index in [0.717, 1.165) is 22.0 Å². The van der Waals surface area contributed by atoms with Crippen LogP contribution in [0.2, 0.25) is 5.02 Å². The van der Waals surface area contributed by atoms with Crippen LogP contribution >= 0.6 is 11.6 Å². The lowest BCUT2D eigenvalue weighted by atomic mass is 10.1. The highest BCUT2D eigenvalue weighted by atomic mass is 35.5. The number of pyridine rings is 1. The van der Waals surface area contributed by atoms with Crippen LogP contribution in [0.3, 0.4) is 0 Å². The van der Waals surface area contributed by atoms with Gasteiger partial charge in [0.25, 0.3) is 5.91 Å². The van der Waals surface area contributed by atoms with Gasteiger partial charge in [0.05, 0.1) is 30.6 Å². The van der Waals surface area contributed by atoms with Crippen molar-refractivity contribution in [1.29, 1.82) is 0 Å². The monoisotopic (exact) mass is 396 g/mol. The highest BCUT2D eigenvalue weighted by Gasteiger charge is 2.27. The third kappa shape index (κ3) is 4.08. The lowest BCUT2D eigenvalue weighted by Crippen LogP contribution is -2.42. The molecule has 1 amide bonds. The van der Waals surface area contributed by atoms with Crippen molar-refractivity contribution in [2.24, 2.45) is 7.05 Å². The first kappa shape index (κ1) is 18.7. The van der Waals surface area contributed by atoms with Gasteiger partial charge in [-0.3, -0.25) is 14.5 Å². The number of amides is 1. The molecule has 0 aliphatic carbocycles. The number of hydrogen-bond acceptors (Lipinski definition) is 4. The maximum absolute atomic E-state index is 12.7. The van der Waals surface area contributed by atoms with E-state index < -0.39 is 0 Å². The van der Waals surface area contributed by atoms with Gasteiger partial charge in [-0.05, 0) is 23.8 Å². The van der Waals surface area contributed by atoms with Crippen LogP contribution in [0.5, 0.6) is 0 Å². The fourth-order valence-corrected chi connectivity index (χ4v) is 3.54. The predicted octanol–water partition coefficient (Wildman–Crippen LogP) is 3.27. The summed E-state index contributed by atoms with van der Waals surface area (Å²) < 4.78 is 7.54. The maximum atomic E-state index is 12.7. The summed E-state index contributed by atoms with van der Waals surface area (Å²) in [4.78, 5) is 19.3. The number of carbonyl (C=O) groups is 1. The van der Waals surface area contributed by atoms with Crippen molar-refractivity contribution in [3.8, 4) is 0 Å². The van der Waals surface area contributed by atoms with Crippen LogP contribution in [0.1, 0.15) is 33.4 Å². The molecule has 1 saturated heterocycles. The summed E-state index contributed by atoms with van der Waals surface area (Å²) in [5, 5.41) is 4.82. The molecule has 1 aliphatic heterocycles. The van der Waals surface area contributed by atoms with Crippen molar-refractivity contribution in [2.45, 2.75) is 12.5 Å². The lowest BCUT2D eigenvalue weighted by Gasteiger charge is -2.32. The van der Waals surface area contributed by atoms with Gasteiger partial charge in [-0.15, -0.1) is 0 Å². The molecule has 0 spiro atoms. The van der Waals surface area contributed by atoms with Crippen molar-refractivity contribution >= 4 is 17.5 Å². The van der Waals surface area contributed by atoms with Crippen molar-refractivity contribution in [3.63, 3.8) is 0 Å². The molecule has 1 aliphatic rings. The highest BCUT2D eigenvalue weighted by Crippen LogP contribution is 2.24. The van der Waals surface area contributed by atoms with E-state index in [4.69, 9.17) is 21.3 Å². The van der Waals surface area contributed by atoms with Gasteiger partial charge in [-0.25, -0.2) is 0 Å². The van der Waals surface area contributed by atoms with Gasteiger partial charge < -0.3 is 9.64 Å². The number of ether oxygens (including phenoxy) is 1. The van der Waals surface area contributed by atoms with E-state index in [9.17, 15) is 4.79 Å². The van der Waals surface area contributed by atoms with Gasteiger partial charge in [0.2, 0.25) is 0 Å². The van der Waals surface area contributed by atoms with Gasteiger partial charge in [-0.2, -0.15) is 5.10 Å². The fourth-order valence-electron chi connectivity index (χ4n) is 3.34. The number of morpholine rings is 1. The van der Waals surface area contributed by atoms with Crippen LogP contribution in [0.4, 0.5) is 0 Å². The van der Waals surface area contributed by atoms with Gasteiger partial charge in [0.1, 0.15) is 6.10 Å². The number of rotatable bonds is 4. The molecule has 7 heteroatoms. The van der Waals surface area contributed by atoms with Crippen LogP contribution in [0.25, 0.3) is 0 Å². The molecule has 144 valence electrons. The number of aromatic nitrogens is 3. The minimum absolute atomic E-state index is 0.0337. The van der Waals surface area contributed by atoms with Crippen molar-refractivity contribution in [1.82, 2.24) is 19.7 Å². The summed E-state index contributed by atoms with van der Waals surface area (Å²) in [5.41, 5.74) is 3.37. The minimum Gasteiger partial charge on any atom is -0.368 e. The summed E-state index contributed by atoms with van der Waals surface area (Å²) >= 11 is 6.27. The second kappa shape index (κ2) is 8.12. The van der Waals surface area contributed by atoms with Crippen LogP contribution in [-0.4, -0.2) is 45.3 Å². The SMILES string of the molecule is Cn1cc(C(=O)N2CCO[C@@H](c3cccc(Cc4ccccc4Cl)n3)C2)cn1. The molecule has 0 unspecified atom stereocenters. The number of carbonyl (C=O) groups excluding carboxylic acids is 1. The Kier molecular flexibility index (Phi) is 5.41. The minimum atomic E-state index is -0.249. The highest BCUT2D eigenvalue weighted by molar-refractivity contribution is 6.31. The second-order valence-corrected chi connectivity index (χ2v) is 7.24. The van der Waals surface area contributed by atoms with Crippen LogP contribution in [0.15, 0.2) is 54.9 Å². The van der Waals surface area contributed by atoms with Crippen LogP contribution in [-0.2, 0) is 18.2 Å². The molecule has 1 fully saturated rings. The summed E-state index contributed by atoms with van der Waals surface area (Å²) in [5.74, 6) is -0.0337. The van der Waals surface area contributed by atoms with E-state index in [1.165, 1.54) is 0 Å². The summed E-state index contributed by atoms with van der Waals surface area (Å²) in [7, 11) is 1.80. The third-order valence-electron chi connectivity index (χ3n) is 4.79. The second-order valence-electron chi connectivity index (χ2n) is 6.84. The lowest BCUT2D eigenvalue weighted by molar-refractivity contribution is -0.0248. The molecule has 0 radical (unpaired) electrons. The fraction of sp³-hybridized carbons (Fsp3) is 0.286. The first-order valence-corrected chi connectivity index (χ1v) is 9.57. The normalized spacial score (nSPS) is 16.9. The zero-order chi connectivity index (χ0) is 19.5. The van der Waals surface area contributed by atoms with E-state index in [1.54, 1.807) is 29.0 Å². The molecule has 3 aromatic rings. The van der Waals surface area contributed by atoms with Crippen molar-refractivity contribution < 1.29 is 9.53 Å². The van der Waals surface area contributed by atoms with E-state index in [-0.39, 0.29) is 12.0 Å². The molecule has 2 aromatic heterocycles. The summed E-state index contributed by atoms with van der Waals surface area (Å²) in [6, 6.07) is 13.7. The Labute approximate surface area is 168 Å². The van der Waals surface area contributed by atoms with E-state index >= 15 is 0 Å². The largest absolute Gasteiger partial charge is 0.368 e. The topological polar surface area (TPSA) is 60.2 Å². The molecule has 0 N–H and O–H groups in total. The van der Waals surface area contributed by atoms with Crippen LogP contribution < -0.4 is 0 Å². The number of hydrogen-bond donors (Lipinski definition) is 0. The predicted molar refractivity (Wildman–Crippen MR) is 106 cm³/mol. The molecular formula is C21H21ClN4O2. The standard InChI is InChI=1S/C21H21ClN4O2/c1-25-13-16(12-23-25)21(27)26-9-10-28-20(14-26)19-8-4-6-17(24-19)11-15-5-2-3-7-18(15)22/h2-8,12-13,20H,9-11,14H2,1H3/t20-/m1/s1. The number of nitrogens with zero attached hydrogens (tertiary/aromatic N) is 4. The quantitative estimate of drug-likeness (QED) is 0.679. The first-order chi connectivity index (χ1) is 13.6. The summed E-state index contributed by atoms with van der Waals surface area (Å²) in [6.45, 7) is 1.51. The van der Waals surface area contributed by atoms with Gasteiger partial charge in [0, 0.05) is 36.9 Å². The van der Waals surface area contributed by atoms with E-state index in [2.05, 4.69) is 5.10 Å². The number of halogens is 1. The molecule has 6 nitrogen and oxygen atoms in total. The van der Waals surface area contributed by atoms with Crippen LogP contribution in [0, 0.1) is 0 Å². The van der Waals surface area contributed by atoms with Crippen molar-refractivity contribution in [2.75, 3.05) is 19.7 Å². The molecule has 1 atom stereocenters. The zero-order valence-electron chi connectivity index (χ0n) is 15.6. The Morgan fingerprint density at radius 1 is 1.25 bits per heavy atom. The smallest absolute Gasteiger partial charge is 0.257 e. The zero-order valence-corrected chi connectivity index (χ0v) is 16.3. The Balaban J connectivity index is 1.49.